The molecule has 9 nitrogen and oxygen atoms in total. The third-order valence-corrected chi connectivity index (χ3v) is 3.11. The third kappa shape index (κ3) is 6.96. The Kier molecular flexibility index (Phi) is 7.36. The zero-order valence-corrected chi connectivity index (χ0v) is 15.5. The molecule has 0 radical (unpaired) electrons. The highest BCUT2D eigenvalue weighted by molar-refractivity contribution is 5.98. The molecule has 0 aromatic carbocycles. The first-order valence-electron chi connectivity index (χ1n) is 7.98. The number of nitrogens with one attached hydrogen (secondary N) is 2. The van der Waals surface area contributed by atoms with Crippen LogP contribution in [0.3, 0.4) is 0 Å². The predicted molar refractivity (Wildman–Crippen MR) is 90.4 cm³/mol. The monoisotopic (exact) mass is 368 g/mol. The first-order valence-corrected chi connectivity index (χ1v) is 7.98. The van der Waals surface area contributed by atoms with Crippen molar-refractivity contribution in [2.45, 2.75) is 51.8 Å². The van der Waals surface area contributed by atoms with Gasteiger partial charge in [0.05, 0.1) is 13.4 Å². The van der Waals surface area contributed by atoms with E-state index in [4.69, 9.17) is 9.15 Å². The molecule has 0 spiro atoms. The quantitative estimate of drug-likeness (QED) is 0.551. The molecule has 1 heterocycles. The third-order valence-electron chi connectivity index (χ3n) is 3.11. The summed E-state index contributed by atoms with van der Waals surface area (Å²) in [4.78, 5) is 47.9. The van der Waals surface area contributed by atoms with E-state index in [0.29, 0.717) is 0 Å². The lowest BCUT2D eigenvalue weighted by Gasteiger charge is -2.22. The van der Waals surface area contributed by atoms with Crippen molar-refractivity contribution in [3.8, 4) is 0 Å². The van der Waals surface area contributed by atoms with Gasteiger partial charge in [0.1, 0.15) is 17.7 Å². The normalized spacial score (nSPS) is 13.3. The van der Waals surface area contributed by atoms with E-state index in [1.54, 1.807) is 20.8 Å². The number of methoxy groups -OCH3 is 1. The number of ketones is 1. The summed E-state index contributed by atoms with van der Waals surface area (Å²) in [5.41, 5.74) is -0.718. The van der Waals surface area contributed by atoms with Gasteiger partial charge in [0.15, 0.2) is 5.76 Å². The molecule has 0 fully saturated rings. The van der Waals surface area contributed by atoms with E-state index in [9.17, 15) is 19.2 Å². The molecule has 0 aliphatic rings. The minimum atomic E-state index is -1.21. The molecule has 26 heavy (non-hydrogen) atoms. The van der Waals surface area contributed by atoms with Gasteiger partial charge in [-0.25, -0.2) is 9.59 Å². The molecule has 0 aliphatic carbocycles. The van der Waals surface area contributed by atoms with Crippen molar-refractivity contribution in [3.63, 3.8) is 0 Å². The molecule has 1 rings (SSSR count). The number of furan rings is 1. The van der Waals surface area contributed by atoms with Crippen LogP contribution in [-0.4, -0.2) is 48.5 Å². The zero-order valence-electron chi connectivity index (χ0n) is 15.5. The van der Waals surface area contributed by atoms with E-state index in [-0.39, 0.29) is 12.2 Å². The van der Waals surface area contributed by atoms with Gasteiger partial charge >= 0.3 is 12.1 Å². The van der Waals surface area contributed by atoms with Crippen LogP contribution in [-0.2, 0) is 19.1 Å². The smallest absolute Gasteiger partial charge is 0.408 e. The fourth-order valence-electron chi connectivity index (χ4n) is 1.91. The van der Waals surface area contributed by atoms with E-state index in [1.165, 1.54) is 25.3 Å². The number of hydrogen-bond donors (Lipinski definition) is 2. The van der Waals surface area contributed by atoms with Gasteiger partial charge in [-0.05, 0) is 39.8 Å². The summed E-state index contributed by atoms with van der Waals surface area (Å²) in [6.45, 7) is 6.47. The van der Waals surface area contributed by atoms with Gasteiger partial charge in [0.25, 0.3) is 0 Å². The largest absolute Gasteiger partial charge is 0.467 e. The van der Waals surface area contributed by atoms with Crippen molar-refractivity contribution in [1.82, 2.24) is 10.6 Å². The Morgan fingerprint density at radius 3 is 2.35 bits per heavy atom. The highest BCUT2D eigenvalue weighted by atomic mass is 16.6. The Labute approximate surface area is 151 Å². The minimum Gasteiger partial charge on any atom is -0.467 e. The Bertz CT molecular complexity index is 647. The van der Waals surface area contributed by atoms with Crippen molar-refractivity contribution in [2.24, 2.45) is 0 Å². The lowest BCUT2D eigenvalue weighted by Crippen LogP contribution is -2.51. The fourth-order valence-corrected chi connectivity index (χ4v) is 1.91. The molecule has 144 valence electrons. The maximum absolute atomic E-state index is 12.2. The van der Waals surface area contributed by atoms with Crippen LogP contribution in [0.1, 0.15) is 44.7 Å². The Morgan fingerprint density at radius 2 is 1.85 bits per heavy atom. The van der Waals surface area contributed by atoms with E-state index in [0.717, 1.165) is 7.11 Å². The van der Waals surface area contributed by atoms with Crippen LogP contribution >= 0.6 is 0 Å². The molecular formula is C17H24N2O7. The summed E-state index contributed by atoms with van der Waals surface area (Å²) in [5.74, 6) is -1.87. The van der Waals surface area contributed by atoms with Gasteiger partial charge in [0, 0.05) is 6.42 Å². The van der Waals surface area contributed by atoms with Crippen LogP contribution in [0.2, 0.25) is 0 Å². The van der Waals surface area contributed by atoms with Gasteiger partial charge in [0.2, 0.25) is 11.7 Å². The summed E-state index contributed by atoms with van der Waals surface area (Å²) >= 11 is 0. The molecule has 0 aliphatic heterocycles. The Morgan fingerprint density at radius 1 is 1.19 bits per heavy atom. The van der Waals surface area contributed by atoms with Gasteiger partial charge in [-0.15, -0.1) is 0 Å². The van der Waals surface area contributed by atoms with E-state index in [1.807, 2.05) is 0 Å². The number of ether oxygens (including phenoxy) is 2. The SMILES string of the molecule is COC(=O)[C@H](CC(=O)c1ccco1)NC(=O)[C@H](C)NC(=O)OC(C)(C)C. The number of esters is 1. The van der Waals surface area contributed by atoms with E-state index >= 15 is 0 Å². The molecule has 9 heteroatoms. The number of carbonyl (C=O) groups is 4. The van der Waals surface area contributed by atoms with Gasteiger partial charge < -0.3 is 24.5 Å². The molecule has 2 N–H and O–H groups in total. The van der Waals surface area contributed by atoms with Gasteiger partial charge in [-0.2, -0.15) is 0 Å². The summed E-state index contributed by atoms with van der Waals surface area (Å²) in [6, 6.07) is 0.778. The molecule has 0 unspecified atom stereocenters. The van der Waals surface area contributed by atoms with Crippen molar-refractivity contribution < 1.29 is 33.1 Å². The molecule has 0 saturated heterocycles. The van der Waals surface area contributed by atoms with Crippen LogP contribution in [0.4, 0.5) is 4.79 Å². The lowest BCUT2D eigenvalue weighted by atomic mass is 10.1. The topological polar surface area (TPSA) is 124 Å². The van der Waals surface area contributed by atoms with Crippen molar-refractivity contribution in [2.75, 3.05) is 7.11 Å². The molecule has 2 atom stereocenters. The average molecular weight is 368 g/mol. The number of alkyl carbamates (subject to hydrolysis) is 1. The second-order valence-corrected chi connectivity index (χ2v) is 6.56. The van der Waals surface area contributed by atoms with Crippen LogP contribution in [0.5, 0.6) is 0 Å². The highest BCUT2D eigenvalue weighted by Crippen LogP contribution is 2.09. The number of Topliss-reactive ketones (excluding diaryl/α,β-unsaturated/α-hetero) is 1. The maximum atomic E-state index is 12.2. The summed E-state index contributed by atoms with van der Waals surface area (Å²) < 4.78 is 14.6. The molecule has 1 aromatic rings. The van der Waals surface area contributed by atoms with Crippen LogP contribution in [0.15, 0.2) is 22.8 Å². The van der Waals surface area contributed by atoms with Crippen molar-refractivity contribution >= 4 is 23.8 Å². The zero-order chi connectivity index (χ0) is 19.9. The molecule has 0 bridgehead atoms. The summed E-state index contributed by atoms with van der Waals surface area (Å²) in [5, 5.41) is 4.73. The highest BCUT2D eigenvalue weighted by Gasteiger charge is 2.29. The number of amides is 2. The number of carbonyl (C=O) groups excluding carboxylic acids is 4. The van der Waals surface area contributed by atoms with Crippen LogP contribution in [0.25, 0.3) is 0 Å². The average Bonchev–Trinajstić information content (AvgIpc) is 3.05. The van der Waals surface area contributed by atoms with Gasteiger partial charge in [-0.1, -0.05) is 0 Å². The second kappa shape index (κ2) is 9.02. The molecular weight excluding hydrogens is 344 g/mol. The summed E-state index contributed by atoms with van der Waals surface area (Å²) in [7, 11) is 1.14. The van der Waals surface area contributed by atoms with Crippen LogP contribution in [0, 0.1) is 0 Å². The van der Waals surface area contributed by atoms with Crippen LogP contribution < -0.4 is 10.6 Å². The van der Waals surface area contributed by atoms with Gasteiger partial charge in [-0.3, -0.25) is 9.59 Å². The molecule has 2 amide bonds. The first kappa shape index (κ1) is 21.2. The predicted octanol–water partition coefficient (Wildman–Crippen LogP) is 1.42. The minimum absolute atomic E-state index is 0.0630. The molecule has 0 saturated carbocycles. The van der Waals surface area contributed by atoms with E-state index in [2.05, 4.69) is 15.4 Å². The second-order valence-electron chi connectivity index (χ2n) is 6.56. The maximum Gasteiger partial charge on any atom is 0.408 e. The molecule has 1 aromatic heterocycles. The summed E-state index contributed by atoms with van der Waals surface area (Å²) in [6.07, 6.45) is 0.207. The Hall–Kier alpha value is -2.84. The Balaban J connectivity index is 2.68. The van der Waals surface area contributed by atoms with Crippen molar-refractivity contribution in [1.29, 1.82) is 0 Å². The number of rotatable bonds is 7. The van der Waals surface area contributed by atoms with E-state index < -0.39 is 41.4 Å². The lowest BCUT2D eigenvalue weighted by molar-refractivity contribution is -0.145. The van der Waals surface area contributed by atoms with Crippen molar-refractivity contribution in [3.05, 3.63) is 24.2 Å². The number of hydrogen-bond acceptors (Lipinski definition) is 7. The first-order chi connectivity index (χ1) is 12.0. The fraction of sp³-hybridized carbons (Fsp3) is 0.529. The standard InChI is InChI=1S/C17H24N2O7/c1-10(18-16(23)26-17(2,3)4)14(21)19-11(15(22)24-5)9-12(20)13-7-6-8-25-13/h6-8,10-11H,9H2,1-5H3,(H,18,23)(H,19,21)/t10-,11-/m0/s1.